The molecule has 1 aromatic heterocycles. The first-order valence-electron chi connectivity index (χ1n) is 12.7. The third-order valence-electron chi connectivity index (χ3n) is 7.38. The SMILES string of the molecule is COc1ccc(C(=O)Cc2[nH]nc3c2CN(S(=O)(=O)c2cc(F)cc(F)c2)C3(C)C)c(NC(=O)[C@@H]2CCCN2)c1. The van der Waals surface area contributed by atoms with Crippen LogP contribution >= 0.6 is 0 Å². The van der Waals surface area contributed by atoms with Gasteiger partial charge in [0.25, 0.3) is 0 Å². The number of carbonyl (C=O) groups excluding carboxylic acids is 2. The lowest BCUT2D eigenvalue weighted by Gasteiger charge is -2.30. The molecule has 5 rings (SSSR count). The number of sulfonamides is 1. The van der Waals surface area contributed by atoms with Crippen LogP contribution in [0.3, 0.4) is 0 Å². The molecule has 3 N–H and O–H groups in total. The number of ketones is 1. The minimum absolute atomic E-state index is 0.151. The predicted octanol–water partition coefficient (Wildman–Crippen LogP) is 3.25. The van der Waals surface area contributed by atoms with E-state index in [1.54, 1.807) is 32.0 Å². The summed E-state index contributed by atoms with van der Waals surface area (Å²) in [6, 6.07) is 6.53. The predicted molar refractivity (Wildman–Crippen MR) is 141 cm³/mol. The van der Waals surface area contributed by atoms with E-state index in [4.69, 9.17) is 4.74 Å². The second-order valence-corrected chi connectivity index (χ2v) is 12.2. The molecule has 40 heavy (non-hydrogen) atoms. The molecule has 3 aromatic rings. The number of aromatic nitrogens is 2. The summed E-state index contributed by atoms with van der Waals surface area (Å²) in [6.07, 6.45) is 1.42. The number of halogens is 2. The molecule has 1 saturated heterocycles. The fourth-order valence-electron chi connectivity index (χ4n) is 5.25. The van der Waals surface area contributed by atoms with Gasteiger partial charge in [-0.3, -0.25) is 14.7 Å². The lowest BCUT2D eigenvalue weighted by molar-refractivity contribution is -0.117. The highest BCUT2D eigenvalue weighted by Gasteiger charge is 2.48. The average Bonchev–Trinajstić information content (AvgIpc) is 3.62. The van der Waals surface area contributed by atoms with Crippen molar-refractivity contribution in [1.29, 1.82) is 0 Å². The standard InChI is InChI=1S/C27H29F2N5O5S/c1-27(2)25-20(14-34(27)40(37,38)18-10-15(28)9-16(29)11-18)23(32-33-25)13-24(35)19-7-6-17(39-3)12-22(19)31-26(36)21-5-4-8-30-21/h6-7,9-12,21,30H,4-5,8,13-14H2,1-3H3,(H,31,36)(H,32,33)/t21-/m0/s1. The van der Waals surface area contributed by atoms with Crippen molar-refractivity contribution in [3.8, 4) is 5.75 Å². The van der Waals surface area contributed by atoms with Gasteiger partial charge in [0.15, 0.2) is 5.78 Å². The summed E-state index contributed by atoms with van der Waals surface area (Å²) in [5.41, 5.74) is 0.716. The van der Waals surface area contributed by atoms with E-state index in [1.165, 1.54) is 7.11 Å². The number of nitrogens with one attached hydrogen (secondary N) is 3. The van der Waals surface area contributed by atoms with E-state index in [9.17, 15) is 26.8 Å². The van der Waals surface area contributed by atoms with E-state index in [0.29, 0.717) is 40.9 Å². The smallest absolute Gasteiger partial charge is 0.244 e. The molecule has 2 aliphatic heterocycles. The number of carbonyl (C=O) groups is 2. The van der Waals surface area contributed by atoms with Gasteiger partial charge in [-0.05, 0) is 57.5 Å². The third kappa shape index (κ3) is 5.00. The molecule has 1 amide bonds. The first-order valence-corrected chi connectivity index (χ1v) is 14.2. The van der Waals surface area contributed by atoms with E-state index in [-0.39, 0.29) is 36.3 Å². The lowest BCUT2D eigenvalue weighted by Crippen LogP contribution is -2.40. The molecule has 2 aromatic carbocycles. The van der Waals surface area contributed by atoms with Gasteiger partial charge in [-0.15, -0.1) is 0 Å². The Hall–Kier alpha value is -3.68. The average molecular weight is 574 g/mol. The number of Topliss-reactive ketones (excluding diaryl/α,β-unsaturated/α-hetero) is 1. The molecule has 212 valence electrons. The Bertz CT molecular complexity index is 1580. The molecule has 0 spiro atoms. The van der Waals surface area contributed by atoms with Crippen molar-refractivity contribution in [1.82, 2.24) is 19.8 Å². The van der Waals surface area contributed by atoms with Crippen LogP contribution in [-0.4, -0.2) is 54.3 Å². The summed E-state index contributed by atoms with van der Waals surface area (Å²) in [5.74, 6) is -2.14. The van der Waals surface area contributed by atoms with E-state index >= 15 is 0 Å². The number of ether oxygens (including phenoxy) is 1. The minimum atomic E-state index is -4.32. The molecule has 0 unspecified atom stereocenters. The second-order valence-electron chi connectivity index (χ2n) is 10.4. The molecule has 3 heterocycles. The highest BCUT2D eigenvalue weighted by molar-refractivity contribution is 7.89. The van der Waals surface area contributed by atoms with Crippen molar-refractivity contribution in [2.75, 3.05) is 19.0 Å². The molecular weight excluding hydrogens is 544 g/mol. The van der Waals surface area contributed by atoms with Gasteiger partial charge in [0.2, 0.25) is 15.9 Å². The number of nitrogens with zero attached hydrogens (tertiary/aromatic N) is 2. The zero-order valence-corrected chi connectivity index (χ0v) is 23.0. The number of rotatable bonds is 8. The monoisotopic (exact) mass is 573 g/mol. The summed E-state index contributed by atoms with van der Waals surface area (Å²) in [6.45, 7) is 3.85. The Kier molecular flexibility index (Phi) is 7.23. The van der Waals surface area contributed by atoms with Crippen LogP contribution in [0.15, 0.2) is 41.3 Å². The zero-order chi connectivity index (χ0) is 28.8. The second kappa shape index (κ2) is 10.4. The minimum Gasteiger partial charge on any atom is -0.497 e. The number of aromatic amines is 1. The van der Waals surface area contributed by atoms with Crippen LogP contribution in [0.1, 0.15) is 54.0 Å². The molecule has 1 atom stereocenters. The molecule has 0 radical (unpaired) electrons. The van der Waals surface area contributed by atoms with Gasteiger partial charge in [0.1, 0.15) is 17.4 Å². The maximum absolute atomic E-state index is 13.8. The zero-order valence-electron chi connectivity index (χ0n) is 22.2. The summed E-state index contributed by atoms with van der Waals surface area (Å²) >= 11 is 0. The van der Waals surface area contributed by atoms with Gasteiger partial charge in [-0.2, -0.15) is 9.40 Å². The van der Waals surface area contributed by atoms with Crippen LogP contribution in [0.5, 0.6) is 5.75 Å². The number of amides is 1. The van der Waals surface area contributed by atoms with Crippen LogP contribution < -0.4 is 15.4 Å². The van der Waals surface area contributed by atoms with Crippen LogP contribution in [0, 0.1) is 11.6 Å². The van der Waals surface area contributed by atoms with Crippen molar-refractivity contribution in [2.24, 2.45) is 0 Å². The summed E-state index contributed by atoms with van der Waals surface area (Å²) in [7, 11) is -2.83. The Balaban J connectivity index is 1.42. The van der Waals surface area contributed by atoms with E-state index in [0.717, 1.165) is 29.4 Å². The van der Waals surface area contributed by atoms with Crippen molar-refractivity contribution in [2.45, 2.75) is 56.1 Å². The maximum atomic E-state index is 13.8. The highest BCUT2D eigenvalue weighted by atomic mass is 32.2. The maximum Gasteiger partial charge on any atom is 0.244 e. The van der Waals surface area contributed by atoms with Crippen molar-refractivity contribution in [3.63, 3.8) is 0 Å². The van der Waals surface area contributed by atoms with Crippen molar-refractivity contribution >= 4 is 27.4 Å². The van der Waals surface area contributed by atoms with Crippen LogP contribution in [0.25, 0.3) is 0 Å². The van der Waals surface area contributed by atoms with Gasteiger partial charge in [0.05, 0.1) is 41.4 Å². The molecule has 13 heteroatoms. The number of methoxy groups -OCH3 is 1. The van der Waals surface area contributed by atoms with Gasteiger partial charge < -0.3 is 15.4 Å². The lowest BCUT2D eigenvalue weighted by atomic mass is 9.98. The van der Waals surface area contributed by atoms with Gasteiger partial charge in [-0.25, -0.2) is 17.2 Å². The van der Waals surface area contributed by atoms with Gasteiger partial charge in [0, 0.05) is 35.5 Å². The molecular formula is C27H29F2N5O5S. The molecule has 0 bridgehead atoms. The first-order chi connectivity index (χ1) is 18.9. The Labute approximate surface area is 230 Å². The van der Waals surface area contributed by atoms with Crippen LogP contribution in [-0.2, 0) is 33.3 Å². The molecule has 0 aliphatic carbocycles. The summed E-state index contributed by atoms with van der Waals surface area (Å²) in [5, 5.41) is 13.1. The molecule has 0 saturated carbocycles. The Morgan fingerprint density at radius 1 is 1.18 bits per heavy atom. The topological polar surface area (TPSA) is 133 Å². The summed E-state index contributed by atoms with van der Waals surface area (Å²) in [4.78, 5) is 25.8. The number of anilines is 1. The van der Waals surface area contributed by atoms with E-state index in [1.807, 2.05) is 0 Å². The van der Waals surface area contributed by atoms with Gasteiger partial charge >= 0.3 is 0 Å². The Morgan fingerprint density at radius 3 is 2.55 bits per heavy atom. The number of hydrogen-bond donors (Lipinski definition) is 3. The number of hydrogen-bond acceptors (Lipinski definition) is 7. The van der Waals surface area contributed by atoms with E-state index < -0.39 is 32.1 Å². The highest BCUT2D eigenvalue weighted by Crippen LogP contribution is 2.43. The number of H-pyrrole nitrogens is 1. The fourth-order valence-corrected chi connectivity index (χ4v) is 7.02. The normalized spacial score (nSPS) is 18.5. The fraction of sp³-hybridized carbons (Fsp3) is 0.370. The van der Waals surface area contributed by atoms with Crippen molar-refractivity contribution in [3.05, 3.63) is 70.5 Å². The number of fused-ring (bicyclic) bond motifs is 1. The molecule has 10 nitrogen and oxygen atoms in total. The Morgan fingerprint density at radius 2 is 1.90 bits per heavy atom. The largest absolute Gasteiger partial charge is 0.497 e. The summed E-state index contributed by atoms with van der Waals surface area (Å²) < 4.78 is 60.9. The van der Waals surface area contributed by atoms with Crippen LogP contribution in [0.2, 0.25) is 0 Å². The van der Waals surface area contributed by atoms with Gasteiger partial charge in [-0.1, -0.05) is 0 Å². The first kappa shape index (κ1) is 27.9. The van der Waals surface area contributed by atoms with E-state index in [2.05, 4.69) is 20.8 Å². The van der Waals surface area contributed by atoms with Crippen LogP contribution in [0.4, 0.5) is 14.5 Å². The molecule has 1 fully saturated rings. The quantitative estimate of drug-likeness (QED) is 0.352. The third-order valence-corrected chi connectivity index (χ3v) is 9.38. The van der Waals surface area contributed by atoms with Crippen molar-refractivity contribution < 1.29 is 31.5 Å². The number of benzene rings is 2. The molecule has 2 aliphatic rings.